The van der Waals surface area contributed by atoms with Gasteiger partial charge in [0.05, 0.1) is 5.92 Å². The Morgan fingerprint density at radius 2 is 1.83 bits per heavy atom. The van der Waals surface area contributed by atoms with E-state index in [-0.39, 0.29) is 23.4 Å². The summed E-state index contributed by atoms with van der Waals surface area (Å²) in [5.74, 6) is 0.874. The molecule has 104 valence electrons. The number of carbonyl (C=O) groups excluding carboxylic acids is 1. The molecule has 3 unspecified atom stereocenters. The molecule has 0 aromatic rings. The molecule has 2 heteroatoms. The summed E-state index contributed by atoms with van der Waals surface area (Å²) >= 11 is 0. The van der Waals surface area contributed by atoms with Crippen LogP contribution in [0.2, 0.25) is 0 Å². The Labute approximate surface area is 111 Å². The number of ether oxygens (including phenoxy) is 1. The molecule has 2 saturated carbocycles. The predicted molar refractivity (Wildman–Crippen MR) is 73.2 cm³/mol. The monoisotopic (exact) mass is 252 g/mol. The zero-order valence-electron chi connectivity index (χ0n) is 12.6. The number of esters is 1. The van der Waals surface area contributed by atoms with Crippen molar-refractivity contribution in [2.75, 3.05) is 0 Å². The van der Waals surface area contributed by atoms with Gasteiger partial charge in [0, 0.05) is 0 Å². The van der Waals surface area contributed by atoms with Gasteiger partial charge in [-0.3, -0.25) is 4.79 Å². The van der Waals surface area contributed by atoms with Gasteiger partial charge in [-0.2, -0.15) is 0 Å². The van der Waals surface area contributed by atoms with Crippen LogP contribution in [0.5, 0.6) is 0 Å². The summed E-state index contributed by atoms with van der Waals surface area (Å²) in [6, 6.07) is 0. The lowest BCUT2D eigenvalue weighted by molar-refractivity contribution is -0.155. The summed E-state index contributed by atoms with van der Waals surface area (Å²) in [6.45, 7) is 11.2. The SMILES string of the molecule is CC(C)C1(C)CCCC(OC(=O)C2CC2(C)C)C1. The normalized spacial score (nSPS) is 38.6. The molecule has 2 rings (SSSR count). The van der Waals surface area contributed by atoms with E-state index in [9.17, 15) is 4.79 Å². The molecule has 2 aliphatic carbocycles. The van der Waals surface area contributed by atoms with Crippen molar-refractivity contribution in [1.82, 2.24) is 0 Å². The molecule has 3 atom stereocenters. The van der Waals surface area contributed by atoms with E-state index in [2.05, 4.69) is 34.6 Å². The van der Waals surface area contributed by atoms with Crippen LogP contribution in [-0.2, 0) is 9.53 Å². The van der Waals surface area contributed by atoms with Crippen LogP contribution in [0, 0.1) is 22.7 Å². The van der Waals surface area contributed by atoms with E-state index in [1.807, 2.05) is 0 Å². The summed E-state index contributed by atoms with van der Waals surface area (Å²) in [4.78, 5) is 12.0. The highest BCUT2D eigenvalue weighted by molar-refractivity contribution is 5.76. The van der Waals surface area contributed by atoms with Gasteiger partial charge in [-0.15, -0.1) is 0 Å². The Balaban J connectivity index is 1.89. The van der Waals surface area contributed by atoms with E-state index in [4.69, 9.17) is 4.74 Å². The fourth-order valence-electron chi connectivity index (χ4n) is 3.20. The minimum Gasteiger partial charge on any atom is -0.462 e. The van der Waals surface area contributed by atoms with Crippen molar-refractivity contribution in [3.8, 4) is 0 Å². The molecule has 0 spiro atoms. The molecular weight excluding hydrogens is 224 g/mol. The van der Waals surface area contributed by atoms with Crippen molar-refractivity contribution in [1.29, 1.82) is 0 Å². The fraction of sp³-hybridized carbons (Fsp3) is 0.938. The Bertz CT molecular complexity index is 332. The Morgan fingerprint density at radius 1 is 1.22 bits per heavy atom. The van der Waals surface area contributed by atoms with E-state index in [0.717, 1.165) is 19.3 Å². The van der Waals surface area contributed by atoms with Crippen LogP contribution in [0.3, 0.4) is 0 Å². The van der Waals surface area contributed by atoms with Crippen molar-refractivity contribution < 1.29 is 9.53 Å². The Hall–Kier alpha value is -0.530. The number of hydrogen-bond donors (Lipinski definition) is 0. The molecule has 2 aliphatic rings. The van der Waals surface area contributed by atoms with Gasteiger partial charge in [-0.1, -0.05) is 34.6 Å². The van der Waals surface area contributed by atoms with Crippen LogP contribution in [0.1, 0.15) is 66.7 Å². The van der Waals surface area contributed by atoms with Gasteiger partial charge < -0.3 is 4.74 Å². The molecule has 2 fully saturated rings. The predicted octanol–water partition coefficient (Wildman–Crippen LogP) is 4.18. The van der Waals surface area contributed by atoms with Gasteiger partial charge in [-0.05, 0) is 48.9 Å². The first kappa shape index (κ1) is 13.9. The highest BCUT2D eigenvalue weighted by atomic mass is 16.5. The van der Waals surface area contributed by atoms with E-state index in [1.54, 1.807) is 0 Å². The van der Waals surface area contributed by atoms with Crippen molar-refractivity contribution in [2.24, 2.45) is 22.7 Å². The third-order valence-corrected chi connectivity index (χ3v) is 5.44. The van der Waals surface area contributed by atoms with E-state index < -0.39 is 0 Å². The largest absolute Gasteiger partial charge is 0.462 e. The maximum atomic E-state index is 12.0. The minimum absolute atomic E-state index is 0.0537. The zero-order chi connectivity index (χ0) is 13.6. The summed E-state index contributed by atoms with van der Waals surface area (Å²) in [5, 5.41) is 0. The molecule has 0 heterocycles. The van der Waals surface area contributed by atoms with E-state index in [1.165, 1.54) is 12.8 Å². The van der Waals surface area contributed by atoms with Gasteiger partial charge in [0.1, 0.15) is 6.10 Å². The highest BCUT2D eigenvalue weighted by Gasteiger charge is 2.52. The first-order valence-corrected chi connectivity index (χ1v) is 7.45. The lowest BCUT2D eigenvalue weighted by Crippen LogP contribution is -2.35. The standard InChI is InChI=1S/C16H28O2/c1-11(2)16(5)8-6-7-12(9-16)18-14(17)13-10-15(13,3)4/h11-13H,6-10H2,1-5H3. The van der Waals surface area contributed by atoms with Crippen LogP contribution < -0.4 is 0 Å². The van der Waals surface area contributed by atoms with Crippen LogP contribution in [0.15, 0.2) is 0 Å². The third kappa shape index (κ3) is 2.73. The van der Waals surface area contributed by atoms with Crippen molar-refractivity contribution >= 4 is 5.97 Å². The highest BCUT2D eigenvalue weighted by Crippen LogP contribution is 2.53. The van der Waals surface area contributed by atoms with Crippen LogP contribution in [0.4, 0.5) is 0 Å². The molecule has 18 heavy (non-hydrogen) atoms. The maximum absolute atomic E-state index is 12.0. The third-order valence-electron chi connectivity index (χ3n) is 5.44. The van der Waals surface area contributed by atoms with Gasteiger partial charge in [0.25, 0.3) is 0 Å². The zero-order valence-corrected chi connectivity index (χ0v) is 12.6. The number of carbonyl (C=O) groups is 1. The molecule has 0 bridgehead atoms. The first-order valence-electron chi connectivity index (χ1n) is 7.45. The Kier molecular flexibility index (Phi) is 3.50. The molecule has 0 amide bonds. The molecule has 0 N–H and O–H groups in total. The van der Waals surface area contributed by atoms with Gasteiger partial charge >= 0.3 is 5.97 Å². The number of hydrogen-bond acceptors (Lipinski definition) is 2. The van der Waals surface area contributed by atoms with Gasteiger partial charge in [0.15, 0.2) is 0 Å². The molecule has 0 saturated heterocycles. The lowest BCUT2D eigenvalue weighted by atomic mass is 9.67. The minimum atomic E-state index is 0.0537. The average Bonchev–Trinajstić information content (AvgIpc) is 2.88. The summed E-state index contributed by atoms with van der Waals surface area (Å²) < 4.78 is 5.76. The first-order chi connectivity index (χ1) is 8.24. The smallest absolute Gasteiger partial charge is 0.309 e. The molecule has 0 aromatic heterocycles. The average molecular weight is 252 g/mol. The summed E-state index contributed by atoms with van der Waals surface area (Å²) in [7, 11) is 0. The van der Waals surface area contributed by atoms with Gasteiger partial charge in [0.2, 0.25) is 0 Å². The van der Waals surface area contributed by atoms with Crippen molar-refractivity contribution in [2.45, 2.75) is 72.8 Å². The molecular formula is C16H28O2. The van der Waals surface area contributed by atoms with Crippen LogP contribution >= 0.6 is 0 Å². The quantitative estimate of drug-likeness (QED) is 0.704. The van der Waals surface area contributed by atoms with E-state index >= 15 is 0 Å². The van der Waals surface area contributed by atoms with Crippen LogP contribution in [0.25, 0.3) is 0 Å². The topological polar surface area (TPSA) is 26.3 Å². The van der Waals surface area contributed by atoms with E-state index in [0.29, 0.717) is 11.3 Å². The second-order valence-corrected chi connectivity index (χ2v) is 7.71. The van der Waals surface area contributed by atoms with Crippen molar-refractivity contribution in [3.05, 3.63) is 0 Å². The maximum Gasteiger partial charge on any atom is 0.309 e. The van der Waals surface area contributed by atoms with Crippen molar-refractivity contribution in [3.63, 3.8) is 0 Å². The fourth-order valence-corrected chi connectivity index (χ4v) is 3.20. The molecule has 0 aliphatic heterocycles. The molecule has 0 aromatic carbocycles. The second-order valence-electron chi connectivity index (χ2n) is 7.71. The van der Waals surface area contributed by atoms with Gasteiger partial charge in [-0.25, -0.2) is 0 Å². The lowest BCUT2D eigenvalue weighted by Gasteiger charge is -2.41. The summed E-state index contributed by atoms with van der Waals surface area (Å²) in [5.41, 5.74) is 0.537. The second kappa shape index (κ2) is 4.54. The molecule has 0 radical (unpaired) electrons. The number of rotatable bonds is 3. The summed E-state index contributed by atoms with van der Waals surface area (Å²) in [6.07, 6.45) is 5.73. The molecule has 2 nitrogen and oxygen atoms in total. The Morgan fingerprint density at radius 3 is 2.33 bits per heavy atom. The van der Waals surface area contributed by atoms with Crippen LogP contribution in [-0.4, -0.2) is 12.1 Å².